The number of piperidine rings is 1. The van der Waals surface area contributed by atoms with E-state index in [0.717, 1.165) is 25.0 Å². The van der Waals surface area contributed by atoms with Gasteiger partial charge in [0, 0.05) is 28.8 Å². The van der Waals surface area contributed by atoms with Crippen LogP contribution in [0.15, 0.2) is 0 Å². The molecule has 4 heteroatoms. The van der Waals surface area contributed by atoms with E-state index < -0.39 is 0 Å². The lowest BCUT2D eigenvalue weighted by atomic mass is 9.67. The summed E-state index contributed by atoms with van der Waals surface area (Å²) in [5.41, 5.74) is -0.0422. The summed E-state index contributed by atoms with van der Waals surface area (Å²) in [7, 11) is 0. The van der Waals surface area contributed by atoms with Crippen LogP contribution in [0.5, 0.6) is 0 Å². The van der Waals surface area contributed by atoms with E-state index in [0.29, 0.717) is 11.7 Å². The van der Waals surface area contributed by atoms with Crippen molar-refractivity contribution in [1.82, 2.24) is 5.32 Å². The Bertz CT molecular complexity index is 318. The minimum absolute atomic E-state index is 0.0344. The third-order valence-electron chi connectivity index (χ3n) is 3.76. The van der Waals surface area contributed by atoms with Gasteiger partial charge in [-0.05, 0) is 12.8 Å². The fourth-order valence-corrected chi connectivity index (χ4v) is 4.57. The highest BCUT2D eigenvalue weighted by Crippen LogP contribution is 2.51. The first kappa shape index (κ1) is 12.0. The topological polar surface area (TPSA) is 46.2 Å². The highest BCUT2D eigenvalue weighted by atomic mass is 32.2. The van der Waals surface area contributed by atoms with Gasteiger partial charge in [0.15, 0.2) is 0 Å². The monoisotopic (exact) mass is 241 g/mol. The maximum Gasteiger partial charge on any atom is 0.230 e. The molecule has 0 aromatic rings. The zero-order valence-corrected chi connectivity index (χ0v) is 10.7. The lowest BCUT2D eigenvalue weighted by Gasteiger charge is -2.39. The van der Waals surface area contributed by atoms with E-state index in [9.17, 15) is 9.59 Å². The van der Waals surface area contributed by atoms with Crippen molar-refractivity contribution in [2.24, 2.45) is 11.3 Å². The second kappa shape index (κ2) is 4.40. The van der Waals surface area contributed by atoms with Crippen LogP contribution in [0.25, 0.3) is 0 Å². The van der Waals surface area contributed by atoms with Crippen LogP contribution in [0.1, 0.15) is 39.5 Å². The van der Waals surface area contributed by atoms with Crippen LogP contribution in [0, 0.1) is 11.3 Å². The maximum absolute atomic E-state index is 11.9. The Hall–Kier alpha value is -0.510. The van der Waals surface area contributed by atoms with Crippen molar-refractivity contribution in [3.63, 3.8) is 0 Å². The molecule has 2 aliphatic rings. The van der Waals surface area contributed by atoms with Gasteiger partial charge >= 0.3 is 0 Å². The predicted octanol–water partition coefficient (Wildman–Crippen LogP) is 1.96. The quantitative estimate of drug-likeness (QED) is 0.752. The number of rotatable bonds is 2. The molecule has 1 N–H and O–H groups in total. The molecular formula is C12H19NO2S. The van der Waals surface area contributed by atoms with Gasteiger partial charge in [0.05, 0.1) is 0 Å². The number of hydrogen-bond donors (Lipinski definition) is 1. The average molecular weight is 241 g/mol. The van der Waals surface area contributed by atoms with Gasteiger partial charge in [-0.2, -0.15) is 11.8 Å². The molecule has 2 rings (SSSR count). The van der Waals surface area contributed by atoms with Gasteiger partial charge in [-0.1, -0.05) is 20.3 Å². The number of imide groups is 1. The van der Waals surface area contributed by atoms with Crippen molar-refractivity contribution in [3.8, 4) is 0 Å². The molecule has 0 aromatic carbocycles. The molecular weight excluding hydrogens is 222 g/mol. The van der Waals surface area contributed by atoms with Gasteiger partial charge in [-0.3, -0.25) is 14.9 Å². The minimum Gasteiger partial charge on any atom is -0.296 e. The van der Waals surface area contributed by atoms with Gasteiger partial charge < -0.3 is 0 Å². The Labute approximate surface area is 101 Å². The van der Waals surface area contributed by atoms with E-state index >= 15 is 0 Å². The number of hydrogen-bond acceptors (Lipinski definition) is 3. The van der Waals surface area contributed by atoms with Crippen molar-refractivity contribution in [3.05, 3.63) is 0 Å². The van der Waals surface area contributed by atoms with Gasteiger partial charge in [0.1, 0.15) is 0 Å². The summed E-state index contributed by atoms with van der Waals surface area (Å²) >= 11 is 1.90. The standard InChI is InChI=1S/C12H19NO2S/c1-3-4-9-11(15)13-10(14)6-12(9)5-8(2)16-7-12/h8-9H,3-7H2,1-2H3,(H,13,14,15). The lowest BCUT2D eigenvalue weighted by Crippen LogP contribution is -2.52. The average Bonchev–Trinajstić information content (AvgIpc) is 2.54. The molecule has 2 fully saturated rings. The number of carbonyl (C=O) groups excluding carboxylic acids is 2. The van der Waals surface area contributed by atoms with E-state index in [1.807, 2.05) is 11.8 Å². The highest BCUT2D eigenvalue weighted by Gasteiger charge is 2.51. The van der Waals surface area contributed by atoms with Crippen LogP contribution in [0.3, 0.4) is 0 Å². The van der Waals surface area contributed by atoms with E-state index in [4.69, 9.17) is 0 Å². The molecule has 0 aromatic heterocycles. The number of nitrogens with one attached hydrogen (secondary N) is 1. The van der Waals surface area contributed by atoms with Gasteiger partial charge in [-0.25, -0.2) is 0 Å². The van der Waals surface area contributed by atoms with Crippen molar-refractivity contribution in [2.75, 3.05) is 5.75 Å². The minimum atomic E-state index is -0.0768. The molecule has 3 atom stereocenters. The molecule has 16 heavy (non-hydrogen) atoms. The predicted molar refractivity (Wildman–Crippen MR) is 65.1 cm³/mol. The Morgan fingerprint density at radius 2 is 2.25 bits per heavy atom. The fourth-order valence-electron chi connectivity index (χ4n) is 3.08. The Morgan fingerprint density at radius 1 is 1.50 bits per heavy atom. The molecule has 0 radical (unpaired) electrons. The first-order chi connectivity index (χ1) is 7.57. The first-order valence-electron chi connectivity index (χ1n) is 6.03. The zero-order valence-electron chi connectivity index (χ0n) is 9.91. The van der Waals surface area contributed by atoms with Crippen LogP contribution in [0.2, 0.25) is 0 Å². The van der Waals surface area contributed by atoms with Crippen molar-refractivity contribution >= 4 is 23.6 Å². The highest BCUT2D eigenvalue weighted by molar-refractivity contribution is 8.00. The molecule has 2 heterocycles. The van der Waals surface area contributed by atoms with Gasteiger partial charge in [-0.15, -0.1) is 0 Å². The summed E-state index contributed by atoms with van der Waals surface area (Å²) in [6.07, 6.45) is 3.47. The SMILES string of the molecule is CCCC1C(=O)NC(=O)CC12CSC(C)C2. The molecule has 90 valence electrons. The Morgan fingerprint density at radius 3 is 2.81 bits per heavy atom. The Balaban J connectivity index is 2.23. The molecule has 0 aliphatic carbocycles. The maximum atomic E-state index is 11.9. The third-order valence-corrected chi connectivity index (χ3v) is 5.23. The van der Waals surface area contributed by atoms with Crippen LogP contribution in [-0.4, -0.2) is 22.8 Å². The molecule has 2 amide bonds. The normalized spacial score (nSPS) is 39.1. The van der Waals surface area contributed by atoms with E-state index in [-0.39, 0.29) is 23.1 Å². The lowest BCUT2D eigenvalue weighted by molar-refractivity contribution is -0.143. The summed E-state index contributed by atoms with van der Waals surface area (Å²) in [6, 6.07) is 0. The van der Waals surface area contributed by atoms with Crippen molar-refractivity contribution in [2.45, 2.75) is 44.8 Å². The van der Waals surface area contributed by atoms with E-state index in [2.05, 4.69) is 19.2 Å². The second-order valence-electron chi connectivity index (χ2n) is 5.12. The molecule has 3 nitrogen and oxygen atoms in total. The summed E-state index contributed by atoms with van der Waals surface area (Å²) < 4.78 is 0. The molecule has 2 saturated heterocycles. The van der Waals surface area contributed by atoms with Gasteiger partial charge in [0.25, 0.3) is 0 Å². The first-order valence-corrected chi connectivity index (χ1v) is 7.07. The van der Waals surface area contributed by atoms with E-state index in [1.165, 1.54) is 0 Å². The van der Waals surface area contributed by atoms with Crippen LogP contribution >= 0.6 is 11.8 Å². The summed E-state index contributed by atoms with van der Waals surface area (Å²) in [6.45, 7) is 4.29. The van der Waals surface area contributed by atoms with Crippen molar-refractivity contribution in [1.29, 1.82) is 0 Å². The number of amides is 2. The second-order valence-corrected chi connectivity index (χ2v) is 6.55. The van der Waals surface area contributed by atoms with Crippen LogP contribution in [-0.2, 0) is 9.59 Å². The molecule has 0 bridgehead atoms. The summed E-state index contributed by atoms with van der Waals surface area (Å²) in [5, 5.41) is 3.07. The molecule has 0 saturated carbocycles. The molecule has 1 spiro atoms. The van der Waals surface area contributed by atoms with Crippen molar-refractivity contribution < 1.29 is 9.59 Å². The van der Waals surface area contributed by atoms with Gasteiger partial charge in [0.2, 0.25) is 11.8 Å². The van der Waals surface area contributed by atoms with E-state index in [1.54, 1.807) is 0 Å². The fraction of sp³-hybridized carbons (Fsp3) is 0.833. The Kier molecular flexibility index (Phi) is 3.29. The summed E-state index contributed by atoms with van der Waals surface area (Å²) in [5.74, 6) is 0.908. The van der Waals surface area contributed by atoms with Crippen LogP contribution in [0.4, 0.5) is 0 Å². The van der Waals surface area contributed by atoms with Crippen LogP contribution < -0.4 is 5.32 Å². The number of thioether (sulfide) groups is 1. The zero-order chi connectivity index (χ0) is 11.8. The largest absolute Gasteiger partial charge is 0.296 e. The summed E-state index contributed by atoms with van der Waals surface area (Å²) in [4.78, 5) is 23.5. The smallest absolute Gasteiger partial charge is 0.230 e. The third kappa shape index (κ3) is 1.99. The molecule has 3 unspecified atom stereocenters. The molecule has 2 aliphatic heterocycles. The number of carbonyl (C=O) groups is 2.